The fourth-order valence-corrected chi connectivity index (χ4v) is 3.26. The molecule has 0 saturated carbocycles. The molecule has 1 N–H and O–H groups in total. The van der Waals surface area contributed by atoms with Gasteiger partial charge < -0.3 is 9.84 Å². The third-order valence-electron chi connectivity index (χ3n) is 3.63. The third-order valence-corrected chi connectivity index (χ3v) is 4.57. The van der Waals surface area contributed by atoms with Crippen LogP contribution in [0.3, 0.4) is 0 Å². The molecule has 1 aromatic heterocycles. The lowest BCUT2D eigenvalue weighted by Gasteiger charge is -2.11. The van der Waals surface area contributed by atoms with E-state index in [1.54, 1.807) is 55.6 Å². The number of nitrogens with zero attached hydrogens (tertiary/aromatic N) is 2. The lowest BCUT2D eigenvalue weighted by atomic mass is 10.1. The predicted octanol–water partition coefficient (Wildman–Crippen LogP) is 2.92. The molecule has 0 aliphatic rings. The van der Waals surface area contributed by atoms with E-state index < -0.39 is 5.56 Å². The zero-order valence-corrected chi connectivity index (χ0v) is 14.8. The number of ether oxygens (including phenoxy) is 1. The molecule has 3 aromatic rings. The Balaban J connectivity index is 1.85. The predicted molar refractivity (Wildman–Crippen MR) is 99.5 cm³/mol. The maximum absolute atomic E-state index is 12.4. The standard InChI is InChI=1S/C19H16N2O4S/c1-25-15-9-7-13(8-10-15)16(22)12-26-19-20-17(23)11-18(24)21(19)14-5-3-2-4-6-14/h2-11,23H,12H2,1H3. The van der Waals surface area contributed by atoms with Crippen molar-refractivity contribution in [2.75, 3.05) is 12.9 Å². The maximum atomic E-state index is 12.4. The summed E-state index contributed by atoms with van der Waals surface area (Å²) in [7, 11) is 1.56. The minimum absolute atomic E-state index is 0.0784. The van der Waals surface area contributed by atoms with Crippen molar-refractivity contribution in [1.82, 2.24) is 9.55 Å². The van der Waals surface area contributed by atoms with Crippen molar-refractivity contribution >= 4 is 17.5 Å². The molecule has 6 nitrogen and oxygen atoms in total. The van der Waals surface area contributed by atoms with Gasteiger partial charge in [0.25, 0.3) is 5.56 Å². The van der Waals surface area contributed by atoms with Gasteiger partial charge in [-0.15, -0.1) is 0 Å². The average molecular weight is 368 g/mol. The first-order chi connectivity index (χ1) is 12.6. The fourth-order valence-electron chi connectivity index (χ4n) is 2.35. The van der Waals surface area contributed by atoms with Crippen molar-refractivity contribution in [3.8, 4) is 17.3 Å². The molecule has 1 heterocycles. The zero-order valence-electron chi connectivity index (χ0n) is 14.0. The van der Waals surface area contributed by atoms with Crippen molar-refractivity contribution < 1.29 is 14.6 Å². The Hall–Kier alpha value is -3.06. The summed E-state index contributed by atoms with van der Waals surface area (Å²) in [6.07, 6.45) is 0. The van der Waals surface area contributed by atoms with E-state index in [0.717, 1.165) is 17.8 Å². The SMILES string of the molecule is COc1ccc(C(=O)CSc2nc(O)cc(=O)n2-c2ccccc2)cc1. The van der Waals surface area contributed by atoms with Gasteiger partial charge in [-0.2, -0.15) is 4.98 Å². The quantitative estimate of drug-likeness (QED) is 0.409. The van der Waals surface area contributed by atoms with Gasteiger partial charge in [-0.25, -0.2) is 0 Å². The lowest BCUT2D eigenvalue weighted by molar-refractivity contribution is 0.102. The Morgan fingerprint density at radius 3 is 2.50 bits per heavy atom. The molecule has 26 heavy (non-hydrogen) atoms. The van der Waals surface area contributed by atoms with Gasteiger partial charge in [0.1, 0.15) is 5.75 Å². The summed E-state index contributed by atoms with van der Waals surface area (Å²) in [4.78, 5) is 28.7. The van der Waals surface area contributed by atoms with Crippen molar-refractivity contribution in [1.29, 1.82) is 0 Å². The summed E-state index contributed by atoms with van der Waals surface area (Å²) < 4.78 is 6.44. The maximum Gasteiger partial charge on any atom is 0.262 e. The molecule has 0 amide bonds. The van der Waals surface area contributed by atoms with Crippen LogP contribution in [0.2, 0.25) is 0 Å². The van der Waals surface area contributed by atoms with Gasteiger partial charge in [0.15, 0.2) is 10.9 Å². The highest BCUT2D eigenvalue weighted by molar-refractivity contribution is 7.99. The molecule has 132 valence electrons. The van der Waals surface area contributed by atoms with Crippen LogP contribution in [0.15, 0.2) is 70.6 Å². The second-order valence-corrected chi connectivity index (χ2v) is 6.29. The molecule has 2 aromatic carbocycles. The van der Waals surface area contributed by atoms with Crippen LogP contribution in [0, 0.1) is 0 Å². The molecule has 0 saturated heterocycles. The largest absolute Gasteiger partial charge is 0.497 e. The van der Waals surface area contributed by atoms with Gasteiger partial charge in [0.2, 0.25) is 5.88 Å². The third kappa shape index (κ3) is 3.94. The Bertz CT molecular complexity index is 969. The van der Waals surface area contributed by atoms with E-state index in [-0.39, 0.29) is 22.6 Å². The van der Waals surface area contributed by atoms with Gasteiger partial charge in [-0.05, 0) is 36.4 Å². The second kappa shape index (κ2) is 7.88. The van der Waals surface area contributed by atoms with Gasteiger partial charge in [0.05, 0.1) is 24.6 Å². The Labute approximate surface area is 154 Å². The monoisotopic (exact) mass is 368 g/mol. The van der Waals surface area contributed by atoms with Crippen LogP contribution >= 0.6 is 11.8 Å². The van der Waals surface area contributed by atoms with Crippen LogP contribution in [-0.4, -0.2) is 33.3 Å². The smallest absolute Gasteiger partial charge is 0.262 e. The van der Waals surface area contributed by atoms with E-state index in [0.29, 0.717) is 17.0 Å². The lowest BCUT2D eigenvalue weighted by Crippen LogP contribution is -2.20. The number of carbonyl (C=O) groups excluding carboxylic acids is 1. The molecular formula is C19H16N2O4S. The van der Waals surface area contributed by atoms with Crippen LogP contribution in [0.4, 0.5) is 0 Å². The van der Waals surface area contributed by atoms with Gasteiger partial charge >= 0.3 is 0 Å². The minimum atomic E-state index is -0.414. The van der Waals surface area contributed by atoms with E-state index >= 15 is 0 Å². The first-order valence-corrected chi connectivity index (χ1v) is 8.75. The van der Waals surface area contributed by atoms with Gasteiger partial charge in [0, 0.05) is 5.56 Å². The van der Waals surface area contributed by atoms with Crippen LogP contribution in [0.1, 0.15) is 10.4 Å². The van der Waals surface area contributed by atoms with Crippen molar-refractivity contribution in [2.45, 2.75) is 5.16 Å². The van der Waals surface area contributed by atoms with Crippen molar-refractivity contribution in [3.63, 3.8) is 0 Å². The van der Waals surface area contributed by atoms with E-state index in [9.17, 15) is 14.7 Å². The van der Waals surface area contributed by atoms with E-state index in [1.165, 1.54) is 4.57 Å². The average Bonchev–Trinajstić information content (AvgIpc) is 2.66. The number of methoxy groups -OCH3 is 1. The number of ketones is 1. The van der Waals surface area contributed by atoms with Crippen molar-refractivity contribution in [3.05, 3.63) is 76.6 Å². The molecule has 7 heteroatoms. The van der Waals surface area contributed by atoms with Crippen molar-refractivity contribution in [2.24, 2.45) is 0 Å². The highest BCUT2D eigenvalue weighted by Crippen LogP contribution is 2.22. The fraction of sp³-hybridized carbons (Fsp3) is 0.105. The van der Waals surface area contributed by atoms with Gasteiger partial charge in [-0.3, -0.25) is 14.2 Å². The molecule has 0 unspecified atom stereocenters. The summed E-state index contributed by atoms with van der Waals surface area (Å²) >= 11 is 1.09. The zero-order chi connectivity index (χ0) is 18.5. The summed E-state index contributed by atoms with van der Waals surface area (Å²) in [6.45, 7) is 0. The molecule has 3 rings (SSSR count). The molecule has 0 bridgehead atoms. The first kappa shape index (κ1) is 17.8. The number of rotatable bonds is 6. The normalized spacial score (nSPS) is 10.5. The number of carbonyl (C=O) groups is 1. The number of hydrogen-bond donors (Lipinski definition) is 1. The number of aromatic nitrogens is 2. The molecule has 0 aliphatic carbocycles. The number of benzene rings is 2. The summed E-state index contributed by atoms with van der Waals surface area (Å²) in [5.41, 5.74) is 0.736. The Morgan fingerprint density at radius 2 is 1.85 bits per heavy atom. The Morgan fingerprint density at radius 1 is 1.15 bits per heavy atom. The van der Waals surface area contributed by atoms with Gasteiger partial charge in [-0.1, -0.05) is 30.0 Å². The highest BCUT2D eigenvalue weighted by Gasteiger charge is 2.14. The van der Waals surface area contributed by atoms with E-state index in [1.807, 2.05) is 6.07 Å². The second-order valence-electron chi connectivity index (χ2n) is 5.35. The summed E-state index contributed by atoms with van der Waals surface area (Å²) in [5.74, 6) is 0.257. The Kier molecular flexibility index (Phi) is 5.38. The molecule has 0 atom stereocenters. The number of Topliss-reactive ketones (excluding diaryl/α,β-unsaturated/α-hetero) is 1. The molecule has 0 spiro atoms. The van der Waals surface area contributed by atoms with E-state index in [2.05, 4.69) is 4.98 Å². The number of para-hydroxylation sites is 1. The minimum Gasteiger partial charge on any atom is -0.497 e. The molecule has 0 radical (unpaired) electrons. The summed E-state index contributed by atoms with van der Waals surface area (Å²) in [5, 5.41) is 9.92. The highest BCUT2D eigenvalue weighted by atomic mass is 32.2. The first-order valence-electron chi connectivity index (χ1n) is 7.77. The molecular weight excluding hydrogens is 352 g/mol. The number of aromatic hydroxyl groups is 1. The van der Waals surface area contributed by atoms with E-state index in [4.69, 9.17) is 4.74 Å². The number of hydrogen-bond acceptors (Lipinski definition) is 6. The van der Waals surface area contributed by atoms with Crippen LogP contribution < -0.4 is 10.3 Å². The number of thioether (sulfide) groups is 1. The van der Waals surface area contributed by atoms with Crippen LogP contribution in [0.25, 0.3) is 5.69 Å². The molecule has 0 aliphatic heterocycles. The summed E-state index contributed by atoms with van der Waals surface area (Å²) in [6, 6.07) is 16.8. The van der Waals surface area contributed by atoms with Crippen LogP contribution in [0.5, 0.6) is 11.6 Å². The topological polar surface area (TPSA) is 81.4 Å². The van der Waals surface area contributed by atoms with Crippen LogP contribution in [-0.2, 0) is 0 Å². The molecule has 0 fully saturated rings.